The lowest BCUT2D eigenvalue weighted by molar-refractivity contribution is 0.508. The maximum absolute atomic E-state index is 5.60. The van der Waals surface area contributed by atoms with Gasteiger partial charge in [0.05, 0.1) is 0 Å². The van der Waals surface area contributed by atoms with Gasteiger partial charge in [-0.25, -0.2) is 0 Å². The molecule has 15 heavy (non-hydrogen) atoms. The topological polar surface area (TPSA) is 38.9 Å². The van der Waals surface area contributed by atoms with Gasteiger partial charge in [0.25, 0.3) is 0 Å². The molecule has 0 unspecified atom stereocenters. The molecular weight excluding hydrogens is 256 g/mol. The zero-order chi connectivity index (χ0) is 10.3. The summed E-state index contributed by atoms with van der Waals surface area (Å²) in [4.78, 5) is 0. The number of hydrogen-bond acceptors (Lipinski definition) is 3. The highest BCUT2D eigenvalue weighted by atomic mass is 79.9. The van der Waals surface area contributed by atoms with E-state index in [1.165, 1.54) is 12.8 Å². The zero-order valence-corrected chi connectivity index (χ0v) is 9.57. The Balaban J connectivity index is 1.93. The molecule has 0 spiro atoms. The molecule has 1 fully saturated rings. The van der Waals surface area contributed by atoms with Crippen molar-refractivity contribution in [1.82, 2.24) is 10.2 Å². The van der Waals surface area contributed by atoms with Crippen LogP contribution in [0.2, 0.25) is 0 Å². The maximum atomic E-state index is 5.60. The van der Waals surface area contributed by atoms with Crippen molar-refractivity contribution in [3.8, 4) is 11.5 Å². The van der Waals surface area contributed by atoms with Crippen LogP contribution in [0.5, 0.6) is 0 Å². The van der Waals surface area contributed by atoms with E-state index in [1.807, 2.05) is 24.3 Å². The SMILES string of the molecule is Brc1ccc(-c2nnc(C3CC3)o2)cc1. The van der Waals surface area contributed by atoms with Gasteiger partial charge in [0.2, 0.25) is 11.8 Å². The van der Waals surface area contributed by atoms with E-state index < -0.39 is 0 Å². The van der Waals surface area contributed by atoms with Crippen LogP contribution in [0.4, 0.5) is 0 Å². The second-order valence-electron chi connectivity index (χ2n) is 3.73. The molecule has 0 bridgehead atoms. The molecule has 0 radical (unpaired) electrons. The normalized spacial score (nSPS) is 15.5. The van der Waals surface area contributed by atoms with Crippen LogP contribution in [-0.2, 0) is 0 Å². The van der Waals surface area contributed by atoms with Crippen molar-refractivity contribution in [1.29, 1.82) is 0 Å². The fourth-order valence-corrected chi connectivity index (χ4v) is 1.70. The Morgan fingerprint density at radius 1 is 1.13 bits per heavy atom. The monoisotopic (exact) mass is 264 g/mol. The van der Waals surface area contributed by atoms with Crippen LogP contribution in [0.25, 0.3) is 11.5 Å². The Morgan fingerprint density at radius 3 is 2.53 bits per heavy atom. The fraction of sp³-hybridized carbons (Fsp3) is 0.273. The Bertz CT molecular complexity index is 474. The first kappa shape index (κ1) is 9.09. The molecule has 76 valence electrons. The van der Waals surface area contributed by atoms with Crippen LogP contribution in [0.15, 0.2) is 33.2 Å². The molecule has 1 aliphatic rings. The van der Waals surface area contributed by atoms with Gasteiger partial charge in [-0.3, -0.25) is 0 Å². The van der Waals surface area contributed by atoms with Crippen LogP contribution in [-0.4, -0.2) is 10.2 Å². The molecule has 3 nitrogen and oxygen atoms in total. The van der Waals surface area contributed by atoms with Gasteiger partial charge in [-0.1, -0.05) is 15.9 Å². The van der Waals surface area contributed by atoms with Crippen LogP contribution >= 0.6 is 15.9 Å². The number of nitrogens with zero attached hydrogens (tertiary/aromatic N) is 2. The highest BCUT2D eigenvalue weighted by Gasteiger charge is 2.29. The van der Waals surface area contributed by atoms with E-state index in [4.69, 9.17) is 4.42 Å². The van der Waals surface area contributed by atoms with Crippen molar-refractivity contribution in [2.75, 3.05) is 0 Å². The van der Waals surface area contributed by atoms with Gasteiger partial charge in [-0.2, -0.15) is 0 Å². The summed E-state index contributed by atoms with van der Waals surface area (Å²) in [6, 6.07) is 7.87. The van der Waals surface area contributed by atoms with E-state index in [2.05, 4.69) is 26.1 Å². The Hall–Kier alpha value is -1.16. The molecule has 1 aromatic carbocycles. The molecule has 0 N–H and O–H groups in total. The first-order valence-corrected chi connectivity index (χ1v) is 5.71. The van der Waals surface area contributed by atoms with E-state index >= 15 is 0 Å². The molecule has 0 atom stereocenters. The average Bonchev–Trinajstić information content (AvgIpc) is 2.99. The second kappa shape index (κ2) is 3.45. The maximum Gasteiger partial charge on any atom is 0.247 e. The summed E-state index contributed by atoms with van der Waals surface area (Å²) in [6.45, 7) is 0. The molecule has 1 aromatic heterocycles. The number of aromatic nitrogens is 2. The Kier molecular flexibility index (Phi) is 2.09. The van der Waals surface area contributed by atoms with Gasteiger partial charge in [0, 0.05) is 16.0 Å². The molecule has 1 aliphatic carbocycles. The molecule has 4 heteroatoms. The van der Waals surface area contributed by atoms with Crippen molar-refractivity contribution >= 4 is 15.9 Å². The van der Waals surface area contributed by atoms with Crippen molar-refractivity contribution in [3.05, 3.63) is 34.6 Å². The van der Waals surface area contributed by atoms with Crippen molar-refractivity contribution in [2.45, 2.75) is 18.8 Å². The third-order valence-corrected chi connectivity index (χ3v) is 2.99. The summed E-state index contributed by atoms with van der Waals surface area (Å²) < 4.78 is 6.65. The molecule has 1 heterocycles. The Labute approximate surface area is 95.6 Å². The van der Waals surface area contributed by atoms with Crippen molar-refractivity contribution in [2.24, 2.45) is 0 Å². The van der Waals surface area contributed by atoms with Gasteiger partial charge in [-0.05, 0) is 37.1 Å². The van der Waals surface area contributed by atoms with E-state index in [0.29, 0.717) is 11.8 Å². The third kappa shape index (κ3) is 1.81. The lowest BCUT2D eigenvalue weighted by Gasteiger charge is -1.94. The van der Waals surface area contributed by atoms with Crippen LogP contribution < -0.4 is 0 Å². The van der Waals surface area contributed by atoms with E-state index in [-0.39, 0.29) is 0 Å². The molecule has 0 amide bonds. The van der Waals surface area contributed by atoms with Gasteiger partial charge in [0.15, 0.2) is 0 Å². The molecule has 0 saturated heterocycles. The third-order valence-electron chi connectivity index (χ3n) is 2.46. The van der Waals surface area contributed by atoms with Crippen LogP contribution in [0.3, 0.4) is 0 Å². The zero-order valence-electron chi connectivity index (χ0n) is 7.98. The second-order valence-corrected chi connectivity index (χ2v) is 4.64. The number of halogens is 1. The van der Waals surface area contributed by atoms with Crippen LogP contribution in [0, 0.1) is 0 Å². The standard InChI is InChI=1S/C11H9BrN2O/c12-9-5-3-8(4-6-9)11-14-13-10(15-11)7-1-2-7/h3-7H,1-2H2. The summed E-state index contributed by atoms with van der Waals surface area (Å²) in [5.41, 5.74) is 0.970. The average molecular weight is 265 g/mol. The summed E-state index contributed by atoms with van der Waals surface area (Å²) in [5.74, 6) is 1.92. The molecule has 1 saturated carbocycles. The predicted octanol–water partition coefficient (Wildman–Crippen LogP) is 3.38. The van der Waals surface area contributed by atoms with Gasteiger partial charge >= 0.3 is 0 Å². The van der Waals surface area contributed by atoms with E-state index in [9.17, 15) is 0 Å². The summed E-state index contributed by atoms with van der Waals surface area (Å²) in [6.07, 6.45) is 2.37. The number of hydrogen-bond donors (Lipinski definition) is 0. The van der Waals surface area contributed by atoms with Crippen molar-refractivity contribution < 1.29 is 4.42 Å². The smallest absolute Gasteiger partial charge is 0.247 e. The first-order valence-electron chi connectivity index (χ1n) is 4.92. The van der Waals surface area contributed by atoms with E-state index in [0.717, 1.165) is 15.9 Å². The lowest BCUT2D eigenvalue weighted by Crippen LogP contribution is -1.77. The minimum absolute atomic E-state index is 0.515. The van der Waals surface area contributed by atoms with Crippen molar-refractivity contribution in [3.63, 3.8) is 0 Å². The Morgan fingerprint density at radius 2 is 1.87 bits per heavy atom. The molecule has 3 rings (SSSR count). The minimum Gasteiger partial charge on any atom is -0.420 e. The summed E-state index contributed by atoms with van der Waals surface area (Å²) in [5, 5.41) is 8.09. The molecular formula is C11H9BrN2O. The number of rotatable bonds is 2. The largest absolute Gasteiger partial charge is 0.420 e. The minimum atomic E-state index is 0.515. The van der Waals surface area contributed by atoms with Crippen LogP contribution in [0.1, 0.15) is 24.7 Å². The van der Waals surface area contributed by atoms with Gasteiger partial charge in [0.1, 0.15) is 0 Å². The lowest BCUT2D eigenvalue weighted by atomic mass is 10.2. The van der Waals surface area contributed by atoms with E-state index in [1.54, 1.807) is 0 Å². The fourth-order valence-electron chi connectivity index (χ4n) is 1.44. The predicted molar refractivity (Wildman–Crippen MR) is 59.4 cm³/mol. The van der Waals surface area contributed by atoms with Gasteiger partial charge in [-0.15, -0.1) is 10.2 Å². The number of benzene rings is 1. The highest BCUT2D eigenvalue weighted by molar-refractivity contribution is 9.10. The van der Waals surface area contributed by atoms with Gasteiger partial charge < -0.3 is 4.42 Å². The highest BCUT2D eigenvalue weighted by Crippen LogP contribution is 2.39. The quantitative estimate of drug-likeness (QED) is 0.835. The molecule has 2 aromatic rings. The first-order chi connectivity index (χ1) is 7.33. The summed E-state index contributed by atoms with van der Waals surface area (Å²) in [7, 11) is 0. The molecule has 0 aliphatic heterocycles. The summed E-state index contributed by atoms with van der Waals surface area (Å²) >= 11 is 3.39.